The minimum atomic E-state index is -2.03. The number of ether oxygens (including phenoxy) is 1. The van der Waals surface area contributed by atoms with E-state index >= 15 is 0 Å². The van der Waals surface area contributed by atoms with Crippen LogP contribution in [0.5, 0.6) is 0 Å². The number of carbonyl (C=O) groups is 3. The molecule has 0 saturated carbocycles. The summed E-state index contributed by atoms with van der Waals surface area (Å²) in [5, 5.41) is 25.1. The number of urea groups is 1. The van der Waals surface area contributed by atoms with Crippen molar-refractivity contribution in [2.75, 3.05) is 33.4 Å². The number of carbonyl (C=O) groups excluding carboxylic acids is 2. The van der Waals surface area contributed by atoms with E-state index in [1.165, 1.54) is 7.11 Å². The topological polar surface area (TPSA) is 137 Å². The Morgan fingerprint density at radius 3 is 2.35 bits per heavy atom. The highest BCUT2D eigenvalue weighted by atomic mass is 16.5. The van der Waals surface area contributed by atoms with Gasteiger partial charge < -0.3 is 30.9 Å². The van der Waals surface area contributed by atoms with Crippen LogP contribution in [-0.4, -0.2) is 67.1 Å². The number of carboxylic acid groups (broad SMARTS) is 1. The van der Waals surface area contributed by atoms with Gasteiger partial charge in [0, 0.05) is 26.6 Å². The highest BCUT2D eigenvalue weighted by Crippen LogP contribution is 2.00. The number of hydrogen-bond acceptors (Lipinski definition) is 5. The lowest BCUT2D eigenvalue weighted by Crippen LogP contribution is -2.49. The van der Waals surface area contributed by atoms with Crippen molar-refractivity contribution in [3.63, 3.8) is 0 Å². The normalized spacial score (nSPS) is 13.2. The van der Waals surface area contributed by atoms with Crippen molar-refractivity contribution in [3.05, 3.63) is 0 Å². The van der Waals surface area contributed by atoms with E-state index in [0.717, 1.165) is 6.92 Å². The number of aliphatic hydroxyl groups is 1. The summed E-state index contributed by atoms with van der Waals surface area (Å²) in [6.07, 6.45) is 0.0897. The van der Waals surface area contributed by atoms with Gasteiger partial charge in [0.1, 0.15) is 0 Å². The molecule has 9 nitrogen and oxygen atoms in total. The molecule has 0 heterocycles. The van der Waals surface area contributed by atoms with Crippen molar-refractivity contribution < 1.29 is 29.3 Å². The Morgan fingerprint density at radius 1 is 1.15 bits per heavy atom. The van der Waals surface area contributed by atoms with Crippen molar-refractivity contribution in [2.45, 2.75) is 18.9 Å². The van der Waals surface area contributed by atoms with Crippen LogP contribution in [0.3, 0.4) is 0 Å². The van der Waals surface area contributed by atoms with Crippen LogP contribution in [0.2, 0.25) is 0 Å². The van der Waals surface area contributed by atoms with Crippen molar-refractivity contribution in [3.8, 4) is 0 Å². The lowest BCUT2D eigenvalue weighted by Gasteiger charge is -2.18. The van der Waals surface area contributed by atoms with E-state index in [-0.39, 0.29) is 18.9 Å². The summed E-state index contributed by atoms with van der Waals surface area (Å²) < 4.78 is 4.75. The summed E-state index contributed by atoms with van der Waals surface area (Å²) in [6, 6.07) is -0.656. The average Bonchev–Trinajstić information content (AvgIpc) is 2.36. The Bertz CT molecular complexity index is 345. The van der Waals surface area contributed by atoms with E-state index < -0.39 is 24.1 Å². The molecule has 116 valence electrons. The Morgan fingerprint density at radius 2 is 1.80 bits per heavy atom. The largest absolute Gasteiger partial charge is 0.479 e. The predicted octanol–water partition coefficient (Wildman–Crippen LogP) is -1.73. The van der Waals surface area contributed by atoms with Crippen molar-refractivity contribution in [2.24, 2.45) is 0 Å². The number of amides is 3. The molecule has 0 saturated heterocycles. The number of carboxylic acids is 1. The zero-order chi connectivity index (χ0) is 15.6. The van der Waals surface area contributed by atoms with Gasteiger partial charge in [-0.05, 0) is 6.92 Å². The second-order valence-electron chi connectivity index (χ2n) is 4.28. The third-order valence-corrected chi connectivity index (χ3v) is 2.32. The van der Waals surface area contributed by atoms with Crippen LogP contribution >= 0.6 is 0 Å². The molecule has 1 unspecified atom stereocenters. The highest BCUT2D eigenvalue weighted by Gasteiger charge is 2.30. The Balaban J connectivity index is 3.74. The second kappa shape index (κ2) is 9.10. The molecule has 1 atom stereocenters. The zero-order valence-electron chi connectivity index (χ0n) is 11.6. The van der Waals surface area contributed by atoms with E-state index in [0.29, 0.717) is 13.2 Å². The Kier molecular flexibility index (Phi) is 8.25. The summed E-state index contributed by atoms with van der Waals surface area (Å²) in [5.74, 6) is -1.67. The van der Waals surface area contributed by atoms with Crippen LogP contribution in [-0.2, 0) is 14.3 Å². The smallest absolute Gasteiger partial charge is 0.337 e. The van der Waals surface area contributed by atoms with Crippen LogP contribution < -0.4 is 16.0 Å². The standard InChI is InChI=1S/C11H21N3O6/c1-11(19,9(16)17)7-14-10(18)13-4-3-8(15)12-5-6-20-2/h19H,3-7H2,1-2H3,(H,12,15)(H,16,17)(H2,13,14,18). The number of rotatable bonds is 9. The van der Waals surface area contributed by atoms with Gasteiger partial charge in [0.15, 0.2) is 5.60 Å². The van der Waals surface area contributed by atoms with Crippen molar-refractivity contribution in [1.29, 1.82) is 0 Å². The lowest BCUT2D eigenvalue weighted by atomic mass is 10.1. The third kappa shape index (κ3) is 8.27. The van der Waals surface area contributed by atoms with Crippen LogP contribution in [0, 0.1) is 0 Å². The van der Waals surface area contributed by atoms with E-state index in [2.05, 4.69) is 16.0 Å². The Hall–Kier alpha value is -1.87. The molecule has 0 radical (unpaired) electrons. The molecule has 0 aliphatic carbocycles. The number of methoxy groups -OCH3 is 1. The first kappa shape index (κ1) is 18.1. The highest BCUT2D eigenvalue weighted by molar-refractivity contribution is 5.80. The maximum Gasteiger partial charge on any atom is 0.337 e. The van der Waals surface area contributed by atoms with E-state index in [1.54, 1.807) is 0 Å². The summed E-state index contributed by atoms with van der Waals surface area (Å²) in [4.78, 5) is 33.1. The molecule has 5 N–H and O–H groups in total. The van der Waals surface area contributed by atoms with E-state index in [4.69, 9.17) is 9.84 Å². The Labute approximate surface area is 116 Å². The van der Waals surface area contributed by atoms with Gasteiger partial charge in [-0.3, -0.25) is 4.79 Å². The molecule has 0 rings (SSSR count). The molecule has 0 aromatic heterocycles. The average molecular weight is 291 g/mol. The molecule has 9 heteroatoms. The van der Waals surface area contributed by atoms with Gasteiger partial charge in [-0.2, -0.15) is 0 Å². The number of aliphatic carboxylic acids is 1. The van der Waals surface area contributed by atoms with Crippen LogP contribution in [0.15, 0.2) is 0 Å². The van der Waals surface area contributed by atoms with E-state index in [1.807, 2.05) is 0 Å². The molecule has 0 aliphatic rings. The zero-order valence-corrected chi connectivity index (χ0v) is 11.6. The molecule has 0 fully saturated rings. The first-order valence-corrected chi connectivity index (χ1v) is 6.02. The van der Waals surface area contributed by atoms with Gasteiger partial charge in [-0.25, -0.2) is 9.59 Å². The van der Waals surface area contributed by atoms with Gasteiger partial charge in [0.05, 0.1) is 13.2 Å². The molecule has 0 aromatic carbocycles. The fourth-order valence-electron chi connectivity index (χ4n) is 1.06. The SMILES string of the molecule is COCCNC(=O)CCNC(=O)NCC(C)(O)C(=O)O. The third-order valence-electron chi connectivity index (χ3n) is 2.32. The fraction of sp³-hybridized carbons (Fsp3) is 0.727. The van der Waals surface area contributed by atoms with Gasteiger partial charge >= 0.3 is 12.0 Å². The minimum absolute atomic E-state index is 0.0897. The van der Waals surface area contributed by atoms with Crippen molar-refractivity contribution in [1.82, 2.24) is 16.0 Å². The maximum atomic E-state index is 11.3. The van der Waals surface area contributed by atoms with E-state index in [9.17, 15) is 19.5 Å². The minimum Gasteiger partial charge on any atom is -0.479 e. The fourth-order valence-corrected chi connectivity index (χ4v) is 1.06. The monoisotopic (exact) mass is 291 g/mol. The number of nitrogens with one attached hydrogen (secondary N) is 3. The molecule has 3 amide bonds. The predicted molar refractivity (Wildman–Crippen MR) is 69.2 cm³/mol. The van der Waals surface area contributed by atoms with Gasteiger partial charge in [0.25, 0.3) is 0 Å². The van der Waals surface area contributed by atoms with Crippen LogP contribution in [0.4, 0.5) is 4.79 Å². The summed E-state index contributed by atoms with van der Waals surface area (Å²) >= 11 is 0. The van der Waals surface area contributed by atoms with Crippen molar-refractivity contribution >= 4 is 17.9 Å². The van der Waals surface area contributed by atoms with Gasteiger partial charge in [0.2, 0.25) is 5.91 Å². The molecule has 0 aliphatic heterocycles. The summed E-state index contributed by atoms with van der Waals surface area (Å²) in [7, 11) is 1.52. The van der Waals surface area contributed by atoms with Gasteiger partial charge in [-0.1, -0.05) is 0 Å². The first-order chi connectivity index (χ1) is 9.29. The maximum absolute atomic E-state index is 11.3. The molecule has 20 heavy (non-hydrogen) atoms. The second-order valence-corrected chi connectivity index (χ2v) is 4.28. The van der Waals surface area contributed by atoms with Crippen LogP contribution in [0.1, 0.15) is 13.3 Å². The molecular weight excluding hydrogens is 270 g/mol. The molecular formula is C11H21N3O6. The quantitative estimate of drug-likeness (QED) is 0.320. The van der Waals surface area contributed by atoms with Gasteiger partial charge in [-0.15, -0.1) is 0 Å². The molecule has 0 bridgehead atoms. The van der Waals surface area contributed by atoms with Crippen LogP contribution in [0.25, 0.3) is 0 Å². The summed E-state index contributed by atoms with van der Waals surface area (Å²) in [6.45, 7) is 1.53. The lowest BCUT2D eigenvalue weighted by molar-refractivity contribution is -0.155. The number of hydrogen-bond donors (Lipinski definition) is 5. The molecule has 0 spiro atoms. The summed E-state index contributed by atoms with van der Waals surface area (Å²) in [5.41, 5.74) is -2.03. The molecule has 0 aromatic rings. The first-order valence-electron chi connectivity index (χ1n) is 6.02.